The number of hydrogen-bond acceptors (Lipinski definition) is 3. The molecule has 16 heavy (non-hydrogen) atoms. The summed E-state index contributed by atoms with van der Waals surface area (Å²) in [7, 11) is 0. The van der Waals surface area contributed by atoms with Gasteiger partial charge in [-0.2, -0.15) is 0 Å². The lowest BCUT2D eigenvalue weighted by Gasteiger charge is -2.35. The van der Waals surface area contributed by atoms with Gasteiger partial charge in [0.05, 0.1) is 5.69 Å². The number of rotatable bonds is 3. The fourth-order valence-electron chi connectivity index (χ4n) is 2.33. The van der Waals surface area contributed by atoms with Crippen LogP contribution in [0, 0.1) is 5.92 Å². The number of aliphatic hydroxyl groups excluding tert-OH is 1. The number of piperidine rings is 1. The Morgan fingerprint density at radius 1 is 1.44 bits per heavy atom. The molecule has 1 aromatic rings. The van der Waals surface area contributed by atoms with Crippen molar-refractivity contribution in [1.29, 1.82) is 0 Å². The Morgan fingerprint density at radius 2 is 2.19 bits per heavy atom. The van der Waals surface area contributed by atoms with Gasteiger partial charge in [-0.05, 0) is 50.9 Å². The van der Waals surface area contributed by atoms with E-state index in [2.05, 4.69) is 22.9 Å². The molecule has 0 spiro atoms. The molecule has 0 radical (unpaired) electrons. The molecule has 1 atom stereocenters. The average molecular weight is 220 g/mol. The van der Waals surface area contributed by atoms with Crippen LogP contribution in [0.2, 0.25) is 0 Å². The Balaban J connectivity index is 1.94. The average Bonchev–Trinajstić information content (AvgIpc) is 2.39. The minimum atomic E-state index is 0.339. The molecule has 0 aromatic carbocycles. The first-order chi connectivity index (χ1) is 7.81. The maximum absolute atomic E-state index is 9.10. The van der Waals surface area contributed by atoms with Gasteiger partial charge in [0, 0.05) is 18.8 Å². The number of aliphatic hydroxyl groups is 1. The molecule has 3 heteroatoms. The highest BCUT2D eigenvalue weighted by Gasteiger charge is 2.23. The third-order valence-corrected chi connectivity index (χ3v) is 3.57. The second kappa shape index (κ2) is 5.41. The molecule has 2 rings (SSSR count). The van der Waals surface area contributed by atoms with Crippen molar-refractivity contribution in [3.8, 4) is 0 Å². The highest BCUT2D eigenvalue weighted by Crippen LogP contribution is 2.24. The maximum atomic E-state index is 9.10. The molecule has 3 nitrogen and oxygen atoms in total. The highest BCUT2D eigenvalue weighted by atomic mass is 16.3. The van der Waals surface area contributed by atoms with Crippen LogP contribution in [0.4, 0.5) is 0 Å². The maximum Gasteiger partial charge on any atom is 0.0572 e. The van der Waals surface area contributed by atoms with Crippen LogP contribution in [0.25, 0.3) is 0 Å². The summed E-state index contributed by atoms with van der Waals surface area (Å²) in [6.45, 7) is 4.69. The third-order valence-electron chi connectivity index (χ3n) is 3.57. The monoisotopic (exact) mass is 220 g/mol. The van der Waals surface area contributed by atoms with Crippen LogP contribution < -0.4 is 0 Å². The van der Waals surface area contributed by atoms with Gasteiger partial charge in [0.1, 0.15) is 0 Å². The van der Waals surface area contributed by atoms with Gasteiger partial charge in [0.25, 0.3) is 0 Å². The number of pyridine rings is 1. The van der Waals surface area contributed by atoms with Crippen LogP contribution >= 0.6 is 0 Å². The quantitative estimate of drug-likeness (QED) is 0.844. The molecular formula is C13H20N2O. The van der Waals surface area contributed by atoms with Crippen molar-refractivity contribution >= 4 is 0 Å². The van der Waals surface area contributed by atoms with E-state index in [0.717, 1.165) is 31.6 Å². The van der Waals surface area contributed by atoms with Gasteiger partial charge >= 0.3 is 0 Å². The Bertz CT molecular complexity index is 307. The molecule has 1 aliphatic rings. The summed E-state index contributed by atoms with van der Waals surface area (Å²) < 4.78 is 0. The minimum Gasteiger partial charge on any atom is -0.396 e. The Morgan fingerprint density at radius 3 is 2.75 bits per heavy atom. The number of hydrogen-bond donors (Lipinski definition) is 1. The molecule has 2 heterocycles. The van der Waals surface area contributed by atoms with E-state index in [-0.39, 0.29) is 0 Å². The van der Waals surface area contributed by atoms with Crippen molar-refractivity contribution in [1.82, 2.24) is 9.88 Å². The van der Waals surface area contributed by atoms with Crippen molar-refractivity contribution < 1.29 is 5.11 Å². The van der Waals surface area contributed by atoms with E-state index in [0.29, 0.717) is 18.6 Å². The van der Waals surface area contributed by atoms with E-state index in [1.807, 2.05) is 18.3 Å². The van der Waals surface area contributed by atoms with Gasteiger partial charge in [0.15, 0.2) is 0 Å². The lowest BCUT2D eigenvalue weighted by Crippen LogP contribution is -2.36. The van der Waals surface area contributed by atoms with Crippen LogP contribution in [0.5, 0.6) is 0 Å². The van der Waals surface area contributed by atoms with Gasteiger partial charge in [-0.25, -0.2) is 0 Å². The summed E-state index contributed by atoms with van der Waals surface area (Å²) in [6.07, 6.45) is 4.06. The van der Waals surface area contributed by atoms with Crippen molar-refractivity contribution in [2.24, 2.45) is 5.92 Å². The lowest BCUT2D eigenvalue weighted by atomic mass is 9.96. The van der Waals surface area contributed by atoms with Crippen molar-refractivity contribution in [3.63, 3.8) is 0 Å². The van der Waals surface area contributed by atoms with Gasteiger partial charge in [-0.15, -0.1) is 0 Å². The molecular weight excluding hydrogens is 200 g/mol. The standard InChI is InChI=1S/C13H20N2O/c1-11(13-4-2-3-7-14-13)15-8-5-12(10-16)6-9-15/h2-4,7,11-12,16H,5-6,8-10H2,1H3. The smallest absolute Gasteiger partial charge is 0.0572 e. The first-order valence-electron chi connectivity index (χ1n) is 6.07. The molecule has 1 fully saturated rings. The second-order valence-electron chi connectivity index (χ2n) is 4.59. The van der Waals surface area contributed by atoms with Crippen molar-refractivity contribution in [2.45, 2.75) is 25.8 Å². The van der Waals surface area contributed by atoms with Crippen LogP contribution in [0.15, 0.2) is 24.4 Å². The third kappa shape index (κ3) is 2.60. The molecule has 88 valence electrons. The van der Waals surface area contributed by atoms with Crippen LogP contribution in [0.1, 0.15) is 31.5 Å². The number of likely N-dealkylation sites (tertiary alicyclic amines) is 1. The Hall–Kier alpha value is -0.930. The van der Waals surface area contributed by atoms with Crippen LogP contribution in [0.3, 0.4) is 0 Å². The predicted molar refractivity (Wildman–Crippen MR) is 64.0 cm³/mol. The fourth-order valence-corrected chi connectivity index (χ4v) is 2.33. The summed E-state index contributed by atoms with van der Waals surface area (Å²) in [5, 5.41) is 9.10. The van der Waals surface area contributed by atoms with Gasteiger partial charge in [-0.3, -0.25) is 9.88 Å². The molecule has 1 aromatic heterocycles. The van der Waals surface area contributed by atoms with Crippen LogP contribution in [-0.2, 0) is 0 Å². The molecule has 1 unspecified atom stereocenters. The normalized spacial score (nSPS) is 20.9. The van der Waals surface area contributed by atoms with Gasteiger partial charge in [0.2, 0.25) is 0 Å². The first kappa shape index (κ1) is 11.6. The summed E-state index contributed by atoms with van der Waals surface area (Å²) in [5.74, 6) is 0.507. The Labute approximate surface area is 97.1 Å². The zero-order chi connectivity index (χ0) is 11.4. The fraction of sp³-hybridized carbons (Fsp3) is 0.615. The summed E-state index contributed by atoms with van der Waals surface area (Å²) in [6, 6.07) is 6.47. The summed E-state index contributed by atoms with van der Waals surface area (Å²) in [4.78, 5) is 6.85. The minimum absolute atomic E-state index is 0.339. The first-order valence-corrected chi connectivity index (χ1v) is 6.07. The van der Waals surface area contributed by atoms with Crippen molar-refractivity contribution in [2.75, 3.05) is 19.7 Å². The molecule has 1 saturated heterocycles. The van der Waals surface area contributed by atoms with E-state index in [1.165, 1.54) is 0 Å². The zero-order valence-corrected chi connectivity index (χ0v) is 9.84. The predicted octanol–water partition coefficient (Wildman–Crippen LogP) is 1.85. The largest absolute Gasteiger partial charge is 0.396 e. The molecule has 0 amide bonds. The van der Waals surface area contributed by atoms with E-state index in [1.54, 1.807) is 0 Å². The van der Waals surface area contributed by atoms with Crippen molar-refractivity contribution in [3.05, 3.63) is 30.1 Å². The van der Waals surface area contributed by atoms with Crippen LogP contribution in [-0.4, -0.2) is 34.7 Å². The zero-order valence-electron chi connectivity index (χ0n) is 9.84. The van der Waals surface area contributed by atoms with E-state index < -0.39 is 0 Å². The Kier molecular flexibility index (Phi) is 3.91. The SMILES string of the molecule is CC(c1ccccn1)N1CCC(CO)CC1. The van der Waals surface area contributed by atoms with Gasteiger partial charge < -0.3 is 5.11 Å². The number of nitrogens with zero attached hydrogens (tertiary/aromatic N) is 2. The van der Waals surface area contributed by atoms with E-state index >= 15 is 0 Å². The topological polar surface area (TPSA) is 36.4 Å². The molecule has 0 saturated carbocycles. The lowest BCUT2D eigenvalue weighted by molar-refractivity contribution is 0.105. The molecule has 0 bridgehead atoms. The highest BCUT2D eigenvalue weighted by molar-refractivity contribution is 5.08. The van der Waals surface area contributed by atoms with E-state index in [4.69, 9.17) is 5.11 Å². The molecule has 1 aliphatic heterocycles. The van der Waals surface area contributed by atoms with E-state index in [9.17, 15) is 0 Å². The molecule has 1 N–H and O–H groups in total. The molecule has 0 aliphatic carbocycles. The summed E-state index contributed by atoms with van der Waals surface area (Å²) in [5.41, 5.74) is 1.14. The van der Waals surface area contributed by atoms with Gasteiger partial charge in [-0.1, -0.05) is 6.07 Å². The second-order valence-corrected chi connectivity index (χ2v) is 4.59. The summed E-state index contributed by atoms with van der Waals surface area (Å²) >= 11 is 0. The number of aromatic nitrogens is 1.